The summed E-state index contributed by atoms with van der Waals surface area (Å²) in [6.45, 7) is 2.49. The number of benzene rings is 3. The Balaban J connectivity index is 0.00000289. The molecular formula is C30H36ClNO3. The zero-order valence-electron chi connectivity index (χ0n) is 20.4. The van der Waals surface area contributed by atoms with Gasteiger partial charge in [-0.25, -0.2) is 0 Å². The highest BCUT2D eigenvalue weighted by molar-refractivity contribution is 5.85. The second-order valence-corrected chi connectivity index (χ2v) is 9.92. The third kappa shape index (κ3) is 5.96. The van der Waals surface area contributed by atoms with Gasteiger partial charge in [0, 0.05) is 33.0 Å². The molecule has 1 saturated heterocycles. The molecule has 2 aliphatic rings. The second-order valence-electron chi connectivity index (χ2n) is 9.92. The normalized spacial score (nSPS) is 21.7. The SMILES string of the molecule is COC1c2ccc(-c3ccc(-c4ccccc4)cc3)cc2CCC1CCN1CCC(O)(O)CC1.Cl. The molecule has 5 rings (SSSR count). The predicted octanol–water partition coefficient (Wildman–Crippen LogP) is 5.86. The maximum Gasteiger partial charge on any atom is 0.164 e. The smallest absolute Gasteiger partial charge is 0.164 e. The van der Waals surface area contributed by atoms with Crippen molar-refractivity contribution in [1.82, 2.24) is 4.90 Å². The van der Waals surface area contributed by atoms with Crippen LogP contribution in [0.5, 0.6) is 0 Å². The van der Waals surface area contributed by atoms with Crippen LogP contribution in [0.3, 0.4) is 0 Å². The first kappa shape index (κ1) is 25.9. The van der Waals surface area contributed by atoms with Crippen molar-refractivity contribution in [3.05, 3.63) is 83.9 Å². The van der Waals surface area contributed by atoms with E-state index in [-0.39, 0.29) is 18.5 Å². The standard InChI is InChI=1S/C30H35NO3.ClH/c1-34-29-25(15-18-31-19-16-30(32,33)17-20-31)11-12-27-21-26(13-14-28(27)29)24-9-7-23(8-10-24)22-5-3-2-4-6-22;/h2-10,13-14,21,25,29,32-33H,11-12,15-20H2,1H3;1H. The summed E-state index contributed by atoms with van der Waals surface area (Å²) in [6, 6.07) is 26.2. The van der Waals surface area contributed by atoms with Crippen LogP contribution in [0.1, 0.15) is 42.9 Å². The average molecular weight is 494 g/mol. The van der Waals surface area contributed by atoms with Crippen molar-refractivity contribution >= 4 is 12.4 Å². The third-order valence-electron chi connectivity index (χ3n) is 7.71. The van der Waals surface area contributed by atoms with Crippen molar-refractivity contribution in [3.63, 3.8) is 0 Å². The number of methoxy groups -OCH3 is 1. The maximum absolute atomic E-state index is 9.78. The number of hydrogen-bond donors (Lipinski definition) is 2. The lowest BCUT2D eigenvalue weighted by Crippen LogP contribution is -2.44. The molecule has 0 bridgehead atoms. The Kier molecular flexibility index (Phi) is 8.31. The van der Waals surface area contributed by atoms with Gasteiger partial charge in [0.05, 0.1) is 6.10 Å². The quantitative estimate of drug-likeness (QED) is 0.422. The first-order chi connectivity index (χ1) is 16.5. The van der Waals surface area contributed by atoms with Gasteiger partial charge in [0.2, 0.25) is 0 Å². The molecule has 0 aromatic heterocycles. The molecule has 2 atom stereocenters. The number of ether oxygens (including phenoxy) is 1. The van der Waals surface area contributed by atoms with Gasteiger partial charge in [-0.05, 0) is 65.1 Å². The van der Waals surface area contributed by atoms with Crippen molar-refractivity contribution in [2.75, 3.05) is 26.7 Å². The van der Waals surface area contributed by atoms with Crippen molar-refractivity contribution in [1.29, 1.82) is 0 Å². The second kappa shape index (κ2) is 11.2. The van der Waals surface area contributed by atoms with Crippen LogP contribution in [0.2, 0.25) is 0 Å². The minimum atomic E-state index is -1.48. The van der Waals surface area contributed by atoms with Gasteiger partial charge in [-0.2, -0.15) is 0 Å². The Morgan fingerprint density at radius 1 is 0.857 bits per heavy atom. The van der Waals surface area contributed by atoms with Crippen molar-refractivity contribution in [2.45, 2.75) is 44.0 Å². The topological polar surface area (TPSA) is 52.9 Å². The zero-order valence-corrected chi connectivity index (χ0v) is 21.2. The van der Waals surface area contributed by atoms with E-state index in [2.05, 4.69) is 71.6 Å². The van der Waals surface area contributed by atoms with E-state index >= 15 is 0 Å². The molecular weight excluding hydrogens is 458 g/mol. The van der Waals surface area contributed by atoms with Gasteiger partial charge in [-0.1, -0.05) is 72.8 Å². The number of likely N-dealkylation sites (tertiary alicyclic amines) is 1. The summed E-state index contributed by atoms with van der Waals surface area (Å²) < 4.78 is 6.01. The van der Waals surface area contributed by atoms with Crippen LogP contribution in [0.4, 0.5) is 0 Å². The number of aryl methyl sites for hydroxylation is 1. The highest BCUT2D eigenvalue weighted by Crippen LogP contribution is 2.40. The lowest BCUT2D eigenvalue weighted by atomic mass is 9.78. The number of fused-ring (bicyclic) bond motifs is 1. The molecule has 0 spiro atoms. The van der Waals surface area contributed by atoms with E-state index in [4.69, 9.17) is 4.74 Å². The first-order valence-electron chi connectivity index (χ1n) is 12.5. The van der Waals surface area contributed by atoms with Gasteiger partial charge in [0.25, 0.3) is 0 Å². The molecule has 1 aliphatic carbocycles. The van der Waals surface area contributed by atoms with Crippen molar-refractivity contribution < 1.29 is 14.9 Å². The monoisotopic (exact) mass is 493 g/mol. The number of aliphatic hydroxyl groups is 2. The summed E-state index contributed by atoms with van der Waals surface area (Å²) in [5, 5.41) is 19.6. The Labute approximate surface area is 215 Å². The van der Waals surface area contributed by atoms with Crippen molar-refractivity contribution in [3.8, 4) is 22.3 Å². The van der Waals surface area contributed by atoms with E-state index in [0.717, 1.165) is 38.9 Å². The molecule has 2 N–H and O–H groups in total. The number of nitrogens with zero attached hydrogens (tertiary/aromatic N) is 1. The fourth-order valence-corrected chi connectivity index (χ4v) is 5.61. The fraction of sp³-hybridized carbons (Fsp3) is 0.400. The summed E-state index contributed by atoms with van der Waals surface area (Å²) >= 11 is 0. The van der Waals surface area contributed by atoms with E-state index in [1.54, 1.807) is 0 Å². The van der Waals surface area contributed by atoms with Crippen LogP contribution in [0.25, 0.3) is 22.3 Å². The molecule has 5 heteroatoms. The summed E-state index contributed by atoms with van der Waals surface area (Å²) in [6.07, 6.45) is 4.26. The van der Waals surface area contributed by atoms with Crippen LogP contribution < -0.4 is 0 Å². The molecule has 1 fully saturated rings. The Bertz CT molecular complexity index is 1090. The highest BCUT2D eigenvalue weighted by atomic mass is 35.5. The van der Waals surface area contributed by atoms with Gasteiger partial charge < -0.3 is 19.8 Å². The molecule has 0 saturated carbocycles. The molecule has 0 amide bonds. The molecule has 2 unspecified atom stereocenters. The van der Waals surface area contributed by atoms with E-state index in [0.29, 0.717) is 18.8 Å². The van der Waals surface area contributed by atoms with Gasteiger partial charge in [-0.3, -0.25) is 0 Å². The molecule has 4 nitrogen and oxygen atoms in total. The zero-order chi connectivity index (χ0) is 23.5. The predicted molar refractivity (Wildman–Crippen MR) is 144 cm³/mol. The van der Waals surface area contributed by atoms with Crippen LogP contribution in [0.15, 0.2) is 72.8 Å². The molecule has 35 heavy (non-hydrogen) atoms. The highest BCUT2D eigenvalue weighted by Gasteiger charge is 2.32. The van der Waals surface area contributed by atoms with Gasteiger partial charge in [-0.15, -0.1) is 12.4 Å². The van der Waals surface area contributed by atoms with Crippen molar-refractivity contribution in [2.24, 2.45) is 5.92 Å². The summed E-state index contributed by atoms with van der Waals surface area (Å²) in [7, 11) is 1.83. The van der Waals surface area contributed by atoms with E-state index in [1.165, 1.54) is 33.4 Å². The lowest BCUT2D eigenvalue weighted by Gasteiger charge is -2.37. The average Bonchev–Trinajstić information content (AvgIpc) is 2.88. The van der Waals surface area contributed by atoms with Crippen LogP contribution in [-0.2, 0) is 11.2 Å². The van der Waals surface area contributed by atoms with Crippen LogP contribution in [-0.4, -0.2) is 47.6 Å². The number of halogens is 1. The maximum atomic E-state index is 9.78. The molecule has 0 radical (unpaired) electrons. The molecule has 3 aromatic rings. The Hall–Kier alpha value is -2.21. The van der Waals surface area contributed by atoms with Crippen LogP contribution >= 0.6 is 12.4 Å². The summed E-state index contributed by atoms with van der Waals surface area (Å²) in [5.41, 5.74) is 7.71. The molecule has 1 aliphatic heterocycles. The van der Waals surface area contributed by atoms with Gasteiger partial charge >= 0.3 is 0 Å². The Morgan fingerprint density at radius 3 is 2.11 bits per heavy atom. The molecule has 3 aromatic carbocycles. The summed E-state index contributed by atoms with van der Waals surface area (Å²) in [4.78, 5) is 2.36. The van der Waals surface area contributed by atoms with Gasteiger partial charge in [0.1, 0.15) is 0 Å². The molecule has 186 valence electrons. The van der Waals surface area contributed by atoms with E-state index in [9.17, 15) is 10.2 Å². The van der Waals surface area contributed by atoms with E-state index < -0.39 is 5.79 Å². The first-order valence-corrected chi connectivity index (χ1v) is 12.5. The Morgan fingerprint density at radius 2 is 1.46 bits per heavy atom. The number of rotatable bonds is 6. The minimum Gasteiger partial charge on any atom is -0.376 e. The fourth-order valence-electron chi connectivity index (χ4n) is 5.61. The third-order valence-corrected chi connectivity index (χ3v) is 7.71. The lowest BCUT2D eigenvalue weighted by molar-refractivity contribution is -0.189. The summed E-state index contributed by atoms with van der Waals surface area (Å²) in [5.74, 6) is -0.988. The van der Waals surface area contributed by atoms with Crippen LogP contribution in [0, 0.1) is 5.92 Å². The molecule has 1 heterocycles. The number of hydrogen-bond acceptors (Lipinski definition) is 4. The number of piperidine rings is 1. The van der Waals surface area contributed by atoms with E-state index in [1.807, 2.05) is 13.2 Å². The van der Waals surface area contributed by atoms with Gasteiger partial charge in [0.15, 0.2) is 5.79 Å². The minimum absolute atomic E-state index is 0. The largest absolute Gasteiger partial charge is 0.376 e.